The van der Waals surface area contributed by atoms with Crippen molar-refractivity contribution in [2.45, 2.75) is 32.9 Å². The van der Waals surface area contributed by atoms with E-state index in [2.05, 4.69) is 4.98 Å². The van der Waals surface area contributed by atoms with Gasteiger partial charge in [0.1, 0.15) is 11.4 Å². The molecule has 178 valence electrons. The van der Waals surface area contributed by atoms with Crippen LogP contribution >= 0.6 is 11.6 Å². The van der Waals surface area contributed by atoms with Crippen LogP contribution in [0.5, 0.6) is 0 Å². The number of nitrogens with zero attached hydrogens (tertiary/aromatic N) is 5. The fraction of sp³-hybridized carbons (Fsp3) is 0.304. The Morgan fingerprint density at radius 2 is 1.82 bits per heavy atom. The zero-order valence-electron chi connectivity index (χ0n) is 19.3. The molecule has 0 fully saturated rings. The summed E-state index contributed by atoms with van der Waals surface area (Å²) >= 11 is 6.27. The number of carbonyl (C=O) groups is 1. The van der Waals surface area contributed by atoms with Gasteiger partial charge in [0.05, 0.1) is 12.2 Å². The van der Waals surface area contributed by atoms with Gasteiger partial charge in [0.2, 0.25) is 0 Å². The molecule has 9 nitrogen and oxygen atoms in total. The SMILES string of the molecule is Cn1c(=O)c2c(nc(-c3cccn3C(=O)OC(C)(C)C)n2Cc2c(F)cccc2Cl)n(C)c1=O. The molecule has 0 spiro atoms. The molecule has 3 aromatic heterocycles. The van der Waals surface area contributed by atoms with Gasteiger partial charge in [-0.3, -0.25) is 13.9 Å². The third kappa shape index (κ3) is 3.94. The Morgan fingerprint density at radius 3 is 2.47 bits per heavy atom. The Hall–Kier alpha value is -3.66. The molecule has 0 bridgehead atoms. The summed E-state index contributed by atoms with van der Waals surface area (Å²) in [5.74, 6) is -0.395. The first-order chi connectivity index (χ1) is 15.9. The highest BCUT2D eigenvalue weighted by Gasteiger charge is 2.26. The smallest absolute Gasteiger partial charge is 0.419 e. The summed E-state index contributed by atoms with van der Waals surface area (Å²) in [7, 11) is 2.83. The van der Waals surface area contributed by atoms with Crippen LogP contribution in [0.3, 0.4) is 0 Å². The molecule has 0 saturated heterocycles. The molecule has 0 amide bonds. The Morgan fingerprint density at radius 1 is 1.12 bits per heavy atom. The van der Waals surface area contributed by atoms with Gasteiger partial charge in [-0.1, -0.05) is 17.7 Å². The predicted molar refractivity (Wildman–Crippen MR) is 126 cm³/mol. The van der Waals surface area contributed by atoms with Gasteiger partial charge >= 0.3 is 11.8 Å². The van der Waals surface area contributed by atoms with Crippen molar-refractivity contribution in [3.05, 3.63) is 73.8 Å². The molecule has 0 aliphatic rings. The number of rotatable bonds is 3. The third-order valence-corrected chi connectivity index (χ3v) is 5.65. The molecule has 1 aromatic carbocycles. The van der Waals surface area contributed by atoms with Crippen LogP contribution in [0.15, 0.2) is 46.1 Å². The average Bonchev–Trinajstić information content (AvgIpc) is 3.37. The molecular weight excluding hydrogens is 465 g/mol. The lowest BCUT2D eigenvalue weighted by atomic mass is 10.2. The fourth-order valence-electron chi connectivity index (χ4n) is 3.67. The number of aromatic nitrogens is 5. The van der Waals surface area contributed by atoms with Crippen molar-refractivity contribution in [2.24, 2.45) is 14.1 Å². The van der Waals surface area contributed by atoms with Crippen LogP contribution in [0, 0.1) is 5.82 Å². The second-order valence-electron chi connectivity index (χ2n) is 8.84. The molecule has 34 heavy (non-hydrogen) atoms. The maximum absolute atomic E-state index is 14.7. The monoisotopic (exact) mass is 487 g/mol. The predicted octanol–water partition coefficient (Wildman–Crippen LogP) is 3.53. The van der Waals surface area contributed by atoms with Crippen LogP contribution in [0.1, 0.15) is 26.3 Å². The summed E-state index contributed by atoms with van der Waals surface area (Å²) in [4.78, 5) is 43.0. The molecule has 0 aliphatic heterocycles. The lowest BCUT2D eigenvalue weighted by Gasteiger charge is -2.20. The quantitative estimate of drug-likeness (QED) is 0.441. The lowest BCUT2D eigenvalue weighted by Crippen LogP contribution is -2.37. The number of hydrogen-bond donors (Lipinski definition) is 0. The highest BCUT2D eigenvalue weighted by Crippen LogP contribution is 2.28. The highest BCUT2D eigenvalue weighted by atomic mass is 35.5. The zero-order valence-corrected chi connectivity index (χ0v) is 20.1. The van der Waals surface area contributed by atoms with Crippen molar-refractivity contribution in [1.82, 2.24) is 23.3 Å². The molecule has 0 radical (unpaired) electrons. The molecule has 0 N–H and O–H groups in total. The number of carbonyl (C=O) groups excluding carboxylic acids is 1. The Kier molecular flexibility index (Phi) is 5.72. The summed E-state index contributed by atoms with van der Waals surface area (Å²) < 4.78 is 25.1. The molecule has 3 heterocycles. The van der Waals surface area contributed by atoms with Gasteiger partial charge in [0.15, 0.2) is 17.0 Å². The molecule has 0 aliphatic carbocycles. The zero-order chi connectivity index (χ0) is 24.9. The second-order valence-corrected chi connectivity index (χ2v) is 9.25. The first-order valence-corrected chi connectivity index (χ1v) is 10.8. The van der Waals surface area contributed by atoms with Crippen molar-refractivity contribution < 1.29 is 13.9 Å². The Balaban J connectivity index is 2.04. The fourth-order valence-corrected chi connectivity index (χ4v) is 3.89. The molecule has 4 rings (SSSR count). The van der Waals surface area contributed by atoms with Crippen molar-refractivity contribution in [2.75, 3.05) is 0 Å². The van der Waals surface area contributed by atoms with Crippen molar-refractivity contribution in [1.29, 1.82) is 0 Å². The van der Waals surface area contributed by atoms with Crippen LogP contribution < -0.4 is 11.2 Å². The number of benzene rings is 1. The van der Waals surface area contributed by atoms with E-state index in [1.807, 2.05) is 0 Å². The van der Waals surface area contributed by atoms with Crippen LogP contribution in [-0.2, 0) is 25.4 Å². The molecule has 0 atom stereocenters. The van der Waals surface area contributed by atoms with E-state index >= 15 is 0 Å². The van der Waals surface area contributed by atoms with Gasteiger partial charge in [-0.25, -0.2) is 23.5 Å². The molecule has 11 heteroatoms. The van der Waals surface area contributed by atoms with Crippen molar-refractivity contribution in [3.63, 3.8) is 0 Å². The van der Waals surface area contributed by atoms with E-state index in [4.69, 9.17) is 16.3 Å². The number of ether oxygens (including phenoxy) is 1. The van der Waals surface area contributed by atoms with Crippen LogP contribution in [0.4, 0.5) is 9.18 Å². The molecule has 0 saturated carbocycles. The summed E-state index contributed by atoms with van der Waals surface area (Å²) in [6.07, 6.45) is 0.845. The summed E-state index contributed by atoms with van der Waals surface area (Å²) in [5.41, 5.74) is -1.34. The second kappa shape index (κ2) is 8.28. The van der Waals surface area contributed by atoms with Crippen LogP contribution in [0.2, 0.25) is 5.02 Å². The van der Waals surface area contributed by atoms with Crippen molar-refractivity contribution >= 4 is 28.9 Å². The molecule has 0 unspecified atom stereocenters. The van der Waals surface area contributed by atoms with E-state index in [-0.39, 0.29) is 34.1 Å². The summed E-state index contributed by atoms with van der Waals surface area (Å²) in [5, 5.41) is 0.164. The lowest BCUT2D eigenvalue weighted by molar-refractivity contribution is 0.0540. The van der Waals surface area contributed by atoms with E-state index in [9.17, 15) is 18.8 Å². The number of halogens is 2. The first kappa shape index (κ1) is 23.5. The largest absolute Gasteiger partial charge is 0.443 e. The van der Waals surface area contributed by atoms with E-state index in [1.165, 1.54) is 52.2 Å². The highest BCUT2D eigenvalue weighted by molar-refractivity contribution is 6.31. The van der Waals surface area contributed by atoms with Gasteiger partial charge in [0, 0.05) is 30.9 Å². The number of fused-ring (bicyclic) bond motifs is 1. The number of aryl methyl sites for hydroxylation is 1. The van der Waals surface area contributed by atoms with E-state index < -0.39 is 28.8 Å². The van der Waals surface area contributed by atoms with Crippen LogP contribution in [0.25, 0.3) is 22.7 Å². The van der Waals surface area contributed by atoms with Gasteiger partial charge < -0.3 is 9.30 Å². The molecule has 4 aromatic rings. The summed E-state index contributed by atoms with van der Waals surface area (Å²) in [6, 6.07) is 7.51. The maximum atomic E-state index is 14.7. The Bertz CT molecular complexity index is 1530. The minimum atomic E-state index is -0.751. The van der Waals surface area contributed by atoms with Gasteiger partial charge in [-0.05, 0) is 45.0 Å². The summed E-state index contributed by atoms with van der Waals surface area (Å²) in [6.45, 7) is 5.05. The Labute approximate surface area is 198 Å². The first-order valence-electron chi connectivity index (χ1n) is 10.4. The number of hydrogen-bond acceptors (Lipinski definition) is 5. The van der Waals surface area contributed by atoms with E-state index in [0.29, 0.717) is 5.69 Å². The third-order valence-electron chi connectivity index (χ3n) is 5.29. The van der Waals surface area contributed by atoms with Gasteiger partial charge in [-0.15, -0.1) is 0 Å². The molecular formula is C23H23ClFN5O4. The normalized spacial score (nSPS) is 11.9. The topological polar surface area (TPSA) is 93.1 Å². The minimum Gasteiger partial charge on any atom is -0.443 e. The van der Waals surface area contributed by atoms with Crippen molar-refractivity contribution in [3.8, 4) is 11.5 Å². The maximum Gasteiger partial charge on any atom is 0.419 e. The van der Waals surface area contributed by atoms with Crippen LogP contribution in [-0.4, -0.2) is 34.9 Å². The van der Waals surface area contributed by atoms with E-state index in [1.54, 1.807) is 32.9 Å². The number of imidazole rings is 1. The van der Waals surface area contributed by atoms with Gasteiger partial charge in [0.25, 0.3) is 5.56 Å². The minimum absolute atomic E-state index is 0.0656. The van der Waals surface area contributed by atoms with Gasteiger partial charge in [-0.2, -0.15) is 0 Å². The standard InChI is InChI=1S/C23H23ClFN5O4/c1-23(2,3)34-22(33)29-11-7-10-16(29)18-26-19-17(20(31)28(5)21(32)27(19)4)30(18)12-13-14(24)8-6-9-15(13)25/h6-11H,12H2,1-5H3. The van der Waals surface area contributed by atoms with E-state index in [0.717, 1.165) is 4.57 Å². The average molecular weight is 488 g/mol.